The number of halogens is 2. The first-order valence-electron chi connectivity index (χ1n) is 11.2. The molecular formula is C26H22ClFN6O2. The van der Waals surface area contributed by atoms with E-state index in [9.17, 15) is 9.18 Å². The lowest BCUT2D eigenvalue weighted by molar-refractivity contribution is 0.0625. The number of rotatable bonds is 5. The fourth-order valence-corrected chi connectivity index (χ4v) is 4.78. The van der Waals surface area contributed by atoms with Crippen LogP contribution in [0.3, 0.4) is 0 Å². The Hall–Kier alpha value is -4.11. The fourth-order valence-electron chi connectivity index (χ4n) is 4.57. The van der Waals surface area contributed by atoms with Crippen LogP contribution in [0.5, 0.6) is 5.88 Å². The van der Waals surface area contributed by atoms with Crippen LogP contribution in [-0.4, -0.2) is 37.9 Å². The third-order valence-electron chi connectivity index (χ3n) is 6.13. The Morgan fingerprint density at radius 3 is 2.78 bits per heavy atom. The number of ether oxygens (including phenoxy) is 1. The van der Waals surface area contributed by atoms with Crippen molar-refractivity contribution in [1.29, 1.82) is 0 Å². The number of nitrogen functional groups attached to an aromatic ring is 1. The first-order chi connectivity index (χ1) is 17.3. The molecule has 4 aromatic rings. The molecule has 10 heteroatoms. The van der Waals surface area contributed by atoms with Gasteiger partial charge in [-0.3, -0.25) is 9.78 Å². The number of amides is 1. The average molecular weight is 505 g/mol. The van der Waals surface area contributed by atoms with Gasteiger partial charge in [-0.25, -0.2) is 19.3 Å². The monoisotopic (exact) mass is 504 g/mol. The molecule has 0 saturated heterocycles. The van der Waals surface area contributed by atoms with Gasteiger partial charge in [0.1, 0.15) is 5.82 Å². The third kappa shape index (κ3) is 4.45. The van der Waals surface area contributed by atoms with Crippen LogP contribution in [0.2, 0.25) is 5.02 Å². The van der Waals surface area contributed by atoms with Gasteiger partial charge in [-0.2, -0.15) is 0 Å². The zero-order valence-electron chi connectivity index (χ0n) is 19.6. The van der Waals surface area contributed by atoms with Crippen molar-refractivity contribution in [2.24, 2.45) is 0 Å². The van der Waals surface area contributed by atoms with Crippen molar-refractivity contribution in [3.63, 3.8) is 0 Å². The van der Waals surface area contributed by atoms with Crippen LogP contribution < -0.4 is 10.5 Å². The van der Waals surface area contributed by atoms with Crippen molar-refractivity contribution in [2.45, 2.75) is 25.9 Å². The van der Waals surface area contributed by atoms with Gasteiger partial charge in [0.2, 0.25) is 11.8 Å². The lowest BCUT2D eigenvalue weighted by Gasteiger charge is -2.38. The van der Waals surface area contributed by atoms with Crippen LogP contribution in [0.4, 0.5) is 10.3 Å². The zero-order valence-corrected chi connectivity index (χ0v) is 20.3. The first kappa shape index (κ1) is 23.6. The highest BCUT2D eigenvalue weighted by molar-refractivity contribution is 6.30. The quantitative estimate of drug-likeness (QED) is 0.424. The number of nitrogens with zero attached hydrogens (tertiary/aromatic N) is 5. The molecule has 5 rings (SSSR count). The minimum Gasteiger partial charge on any atom is -0.480 e. The van der Waals surface area contributed by atoms with Gasteiger partial charge in [0, 0.05) is 23.6 Å². The van der Waals surface area contributed by atoms with E-state index in [4.69, 9.17) is 22.1 Å². The van der Waals surface area contributed by atoms with Crippen LogP contribution in [0.25, 0.3) is 11.3 Å². The maximum Gasteiger partial charge on any atom is 0.258 e. The van der Waals surface area contributed by atoms with Crippen LogP contribution >= 0.6 is 11.6 Å². The van der Waals surface area contributed by atoms with Gasteiger partial charge in [0.25, 0.3) is 5.91 Å². The molecule has 1 aliphatic rings. The highest BCUT2D eigenvalue weighted by Crippen LogP contribution is 2.39. The molecule has 0 radical (unpaired) electrons. The van der Waals surface area contributed by atoms with Crippen molar-refractivity contribution in [1.82, 2.24) is 24.8 Å². The summed E-state index contributed by atoms with van der Waals surface area (Å²) in [7, 11) is 1.48. The number of aromatic nitrogens is 4. The number of carbonyl (C=O) groups excluding carboxylic acids is 1. The summed E-state index contributed by atoms with van der Waals surface area (Å²) in [4.78, 5) is 32.8. The van der Waals surface area contributed by atoms with E-state index >= 15 is 0 Å². The molecule has 1 aliphatic heterocycles. The minimum atomic E-state index is -0.499. The lowest BCUT2D eigenvalue weighted by atomic mass is 9.88. The van der Waals surface area contributed by atoms with Crippen LogP contribution in [0, 0.1) is 12.7 Å². The third-order valence-corrected chi connectivity index (χ3v) is 6.37. The largest absolute Gasteiger partial charge is 0.480 e. The number of nitrogens with two attached hydrogens (primary N) is 1. The standard InChI is InChI=1S/C26H22ClFN6O2/c1-14-24-20(33-26(29)31-14)10-22(34(25(24)35)13-15-4-3-5-16(27)8-15)18-7-6-17(28)9-19(18)21-11-30-12-23(32-21)36-2/h3-9,11-12,22H,10,13H2,1-2H3,(H2,29,31,33)/t22-/m1/s1. The molecular weight excluding hydrogens is 483 g/mol. The molecule has 2 N–H and O–H groups in total. The summed E-state index contributed by atoms with van der Waals surface area (Å²) in [6, 6.07) is 11.2. The maximum atomic E-state index is 14.5. The summed E-state index contributed by atoms with van der Waals surface area (Å²) >= 11 is 6.22. The van der Waals surface area contributed by atoms with Gasteiger partial charge in [-0.1, -0.05) is 29.8 Å². The predicted molar refractivity (Wildman–Crippen MR) is 133 cm³/mol. The maximum absolute atomic E-state index is 14.5. The molecule has 1 amide bonds. The summed E-state index contributed by atoms with van der Waals surface area (Å²) in [5, 5.41) is 0.565. The Balaban J connectivity index is 1.68. The molecule has 0 spiro atoms. The minimum absolute atomic E-state index is 0.0964. The molecule has 0 aliphatic carbocycles. The number of hydrogen-bond acceptors (Lipinski definition) is 7. The van der Waals surface area contributed by atoms with Crippen molar-refractivity contribution < 1.29 is 13.9 Å². The van der Waals surface area contributed by atoms with Gasteiger partial charge < -0.3 is 15.4 Å². The van der Waals surface area contributed by atoms with Gasteiger partial charge in [0.05, 0.1) is 48.2 Å². The SMILES string of the molecule is COc1cncc(-c2cc(F)ccc2[C@H]2Cc3nc(N)nc(C)c3C(=O)N2Cc2cccc(Cl)c2)n1. The summed E-state index contributed by atoms with van der Waals surface area (Å²) in [6.45, 7) is 2.01. The van der Waals surface area contributed by atoms with Crippen molar-refractivity contribution >= 4 is 23.5 Å². The Morgan fingerprint density at radius 1 is 1.17 bits per heavy atom. The topological polar surface area (TPSA) is 107 Å². The number of aryl methyl sites for hydroxylation is 1. The van der Waals surface area contributed by atoms with E-state index in [1.54, 1.807) is 24.0 Å². The number of hydrogen-bond donors (Lipinski definition) is 1. The summed E-state index contributed by atoms with van der Waals surface area (Å²) < 4.78 is 19.7. The van der Waals surface area contributed by atoms with Gasteiger partial charge in [-0.05, 0) is 42.3 Å². The van der Waals surface area contributed by atoms with E-state index in [0.717, 1.165) is 5.56 Å². The molecule has 8 nitrogen and oxygen atoms in total. The summed E-state index contributed by atoms with van der Waals surface area (Å²) in [5.74, 6) is -0.297. The Bertz CT molecular complexity index is 1480. The van der Waals surface area contributed by atoms with Crippen LogP contribution in [0.15, 0.2) is 54.9 Å². The predicted octanol–water partition coefficient (Wildman–Crippen LogP) is 4.57. The molecule has 2 aromatic carbocycles. The summed E-state index contributed by atoms with van der Waals surface area (Å²) in [5.41, 5.74) is 9.85. The van der Waals surface area contributed by atoms with Crippen LogP contribution in [-0.2, 0) is 13.0 Å². The molecule has 0 bridgehead atoms. The average Bonchev–Trinajstić information content (AvgIpc) is 2.85. The first-order valence-corrected chi connectivity index (χ1v) is 11.6. The van der Waals surface area contributed by atoms with Crippen LogP contribution in [0.1, 0.15) is 38.9 Å². The summed E-state index contributed by atoms with van der Waals surface area (Å²) in [6.07, 6.45) is 3.35. The number of anilines is 1. The number of carbonyl (C=O) groups is 1. The van der Waals surface area contributed by atoms with E-state index in [-0.39, 0.29) is 18.4 Å². The Kier molecular flexibility index (Phi) is 6.24. The van der Waals surface area contributed by atoms with E-state index in [0.29, 0.717) is 51.1 Å². The van der Waals surface area contributed by atoms with Crippen molar-refractivity contribution in [3.8, 4) is 17.1 Å². The molecule has 36 heavy (non-hydrogen) atoms. The fraction of sp³-hybridized carbons (Fsp3) is 0.192. The zero-order chi connectivity index (χ0) is 25.4. The molecule has 0 fully saturated rings. The van der Waals surface area contributed by atoms with Gasteiger partial charge in [-0.15, -0.1) is 0 Å². The molecule has 0 saturated carbocycles. The Morgan fingerprint density at radius 2 is 2.00 bits per heavy atom. The van der Waals surface area contributed by atoms with Gasteiger partial charge in [0.15, 0.2) is 0 Å². The Labute approximate surface area is 212 Å². The highest BCUT2D eigenvalue weighted by Gasteiger charge is 2.37. The highest BCUT2D eigenvalue weighted by atomic mass is 35.5. The molecule has 3 heterocycles. The van der Waals surface area contributed by atoms with E-state index in [1.807, 2.05) is 18.2 Å². The second-order valence-corrected chi connectivity index (χ2v) is 8.89. The molecule has 2 aromatic heterocycles. The lowest BCUT2D eigenvalue weighted by Crippen LogP contribution is -2.41. The van der Waals surface area contributed by atoms with Crippen molar-refractivity contribution in [3.05, 3.63) is 93.8 Å². The van der Waals surface area contributed by atoms with Gasteiger partial charge >= 0.3 is 0 Å². The second kappa shape index (κ2) is 9.50. The molecule has 182 valence electrons. The van der Waals surface area contributed by atoms with E-state index < -0.39 is 11.9 Å². The molecule has 1 atom stereocenters. The number of fused-ring (bicyclic) bond motifs is 1. The van der Waals surface area contributed by atoms with E-state index in [2.05, 4.69) is 19.9 Å². The normalized spacial score (nSPS) is 15.1. The van der Waals surface area contributed by atoms with Crippen molar-refractivity contribution in [2.75, 3.05) is 12.8 Å². The molecule has 0 unspecified atom stereocenters. The number of methoxy groups -OCH3 is 1. The smallest absolute Gasteiger partial charge is 0.258 e. The number of benzene rings is 2. The second-order valence-electron chi connectivity index (χ2n) is 8.45. The van der Waals surface area contributed by atoms with E-state index in [1.165, 1.54) is 31.6 Å².